The Morgan fingerprint density at radius 3 is 2.44 bits per heavy atom. The number of aromatic carboxylic acids is 1. The summed E-state index contributed by atoms with van der Waals surface area (Å²) in [5.74, 6) is -0.238. The Hall–Kier alpha value is -1.84. The van der Waals surface area contributed by atoms with Gasteiger partial charge in [0, 0.05) is 12.5 Å². The Morgan fingerprint density at radius 1 is 1.33 bits per heavy atom. The van der Waals surface area contributed by atoms with Crippen LogP contribution in [0.25, 0.3) is 0 Å². The van der Waals surface area contributed by atoms with E-state index in [9.17, 15) is 9.59 Å². The van der Waals surface area contributed by atoms with Crippen molar-refractivity contribution in [2.24, 2.45) is 5.92 Å². The SMILES string of the molecule is C[C@H]1C[C@@H]1NC(=O)CCc1ccc(C(=O)O)cc1. The van der Waals surface area contributed by atoms with Crippen LogP contribution in [0.1, 0.15) is 35.7 Å². The summed E-state index contributed by atoms with van der Waals surface area (Å²) in [4.78, 5) is 22.3. The topological polar surface area (TPSA) is 66.4 Å². The van der Waals surface area contributed by atoms with Gasteiger partial charge >= 0.3 is 5.97 Å². The van der Waals surface area contributed by atoms with Gasteiger partial charge in [-0.1, -0.05) is 19.1 Å². The van der Waals surface area contributed by atoms with E-state index in [1.54, 1.807) is 24.3 Å². The molecule has 2 N–H and O–H groups in total. The molecule has 0 bridgehead atoms. The van der Waals surface area contributed by atoms with Gasteiger partial charge < -0.3 is 10.4 Å². The van der Waals surface area contributed by atoms with Crippen LogP contribution in [0.5, 0.6) is 0 Å². The van der Waals surface area contributed by atoms with Crippen LogP contribution in [-0.2, 0) is 11.2 Å². The fraction of sp³-hybridized carbons (Fsp3) is 0.429. The van der Waals surface area contributed by atoms with E-state index < -0.39 is 5.97 Å². The highest BCUT2D eigenvalue weighted by Crippen LogP contribution is 2.28. The molecule has 18 heavy (non-hydrogen) atoms. The number of hydrogen-bond donors (Lipinski definition) is 2. The Morgan fingerprint density at radius 2 is 1.94 bits per heavy atom. The number of rotatable bonds is 5. The first-order chi connectivity index (χ1) is 8.56. The first kappa shape index (κ1) is 12.6. The van der Waals surface area contributed by atoms with Gasteiger partial charge in [-0.25, -0.2) is 4.79 Å². The molecule has 1 aliphatic rings. The molecule has 1 aromatic rings. The maximum Gasteiger partial charge on any atom is 0.335 e. The second-order valence-electron chi connectivity index (χ2n) is 4.89. The fourth-order valence-electron chi connectivity index (χ4n) is 1.87. The van der Waals surface area contributed by atoms with Crippen LogP contribution in [0.3, 0.4) is 0 Å². The van der Waals surface area contributed by atoms with Crippen molar-refractivity contribution < 1.29 is 14.7 Å². The minimum atomic E-state index is -0.929. The van der Waals surface area contributed by atoms with Crippen molar-refractivity contribution >= 4 is 11.9 Å². The average Bonchev–Trinajstić information content (AvgIpc) is 3.02. The molecule has 1 amide bonds. The average molecular weight is 247 g/mol. The number of carboxylic acid groups (broad SMARTS) is 1. The largest absolute Gasteiger partial charge is 0.478 e. The quantitative estimate of drug-likeness (QED) is 0.834. The number of nitrogens with one attached hydrogen (secondary N) is 1. The molecule has 96 valence electrons. The van der Waals surface area contributed by atoms with Gasteiger partial charge in [-0.2, -0.15) is 0 Å². The van der Waals surface area contributed by atoms with Crippen LogP contribution in [0.4, 0.5) is 0 Å². The van der Waals surface area contributed by atoms with E-state index >= 15 is 0 Å². The molecule has 0 radical (unpaired) electrons. The fourth-order valence-corrected chi connectivity index (χ4v) is 1.87. The highest BCUT2D eigenvalue weighted by molar-refractivity contribution is 5.87. The van der Waals surface area contributed by atoms with Gasteiger partial charge in [0.1, 0.15) is 0 Å². The van der Waals surface area contributed by atoms with Crippen LogP contribution in [0, 0.1) is 5.92 Å². The van der Waals surface area contributed by atoms with Crippen LogP contribution >= 0.6 is 0 Å². The first-order valence-electron chi connectivity index (χ1n) is 6.18. The number of amides is 1. The lowest BCUT2D eigenvalue weighted by atomic mass is 10.1. The summed E-state index contributed by atoms with van der Waals surface area (Å²) < 4.78 is 0. The lowest BCUT2D eigenvalue weighted by molar-refractivity contribution is -0.121. The van der Waals surface area contributed by atoms with Crippen molar-refractivity contribution in [3.8, 4) is 0 Å². The van der Waals surface area contributed by atoms with E-state index in [0.29, 0.717) is 24.8 Å². The molecule has 4 heteroatoms. The van der Waals surface area contributed by atoms with Crippen molar-refractivity contribution in [2.75, 3.05) is 0 Å². The van der Waals surface area contributed by atoms with E-state index in [1.807, 2.05) is 0 Å². The molecule has 0 spiro atoms. The van der Waals surface area contributed by atoms with E-state index in [2.05, 4.69) is 12.2 Å². The van der Waals surface area contributed by atoms with Gasteiger partial charge in [-0.15, -0.1) is 0 Å². The minimum Gasteiger partial charge on any atom is -0.478 e. The number of carbonyl (C=O) groups excluding carboxylic acids is 1. The van der Waals surface area contributed by atoms with Gasteiger partial charge in [0.05, 0.1) is 5.56 Å². The predicted octanol–water partition coefficient (Wildman–Crippen LogP) is 1.84. The summed E-state index contributed by atoms with van der Waals surface area (Å²) in [5, 5.41) is 11.7. The predicted molar refractivity (Wildman–Crippen MR) is 67.4 cm³/mol. The second-order valence-corrected chi connectivity index (χ2v) is 4.89. The van der Waals surface area contributed by atoms with Crippen molar-refractivity contribution in [3.05, 3.63) is 35.4 Å². The molecule has 1 saturated carbocycles. The summed E-state index contributed by atoms with van der Waals surface area (Å²) in [7, 11) is 0. The lowest BCUT2D eigenvalue weighted by Crippen LogP contribution is -2.26. The Balaban J connectivity index is 1.79. The summed E-state index contributed by atoms with van der Waals surface area (Å²) >= 11 is 0. The first-order valence-corrected chi connectivity index (χ1v) is 6.18. The van der Waals surface area contributed by atoms with E-state index in [1.165, 1.54) is 0 Å². The molecule has 0 aliphatic heterocycles. The van der Waals surface area contributed by atoms with Gasteiger partial charge in [0.2, 0.25) is 5.91 Å². The van der Waals surface area contributed by atoms with Crippen LogP contribution < -0.4 is 5.32 Å². The molecule has 2 atom stereocenters. The number of hydrogen-bond acceptors (Lipinski definition) is 2. The molecule has 1 aliphatic carbocycles. The summed E-state index contributed by atoms with van der Waals surface area (Å²) in [6.45, 7) is 2.12. The third kappa shape index (κ3) is 3.32. The minimum absolute atomic E-state index is 0.0756. The maximum absolute atomic E-state index is 11.6. The highest BCUT2D eigenvalue weighted by Gasteiger charge is 2.33. The van der Waals surface area contributed by atoms with Crippen LogP contribution in [-0.4, -0.2) is 23.0 Å². The smallest absolute Gasteiger partial charge is 0.335 e. The number of benzene rings is 1. The number of carbonyl (C=O) groups is 2. The molecular formula is C14H17NO3. The third-order valence-corrected chi connectivity index (χ3v) is 3.30. The van der Waals surface area contributed by atoms with Crippen molar-refractivity contribution in [3.63, 3.8) is 0 Å². The number of aryl methyl sites for hydroxylation is 1. The van der Waals surface area contributed by atoms with Gasteiger partial charge in [-0.05, 0) is 36.5 Å². The molecule has 1 aromatic carbocycles. The third-order valence-electron chi connectivity index (χ3n) is 3.30. The zero-order valence-electron chi connectivity index (χ0n) is 10.3. The molecule has 4 nitrogen and oxygen atoms in total. The van der Waals surface area contributed by atoms with E-state index in [4.69, 9.17) is 5.11 Å². The summed E-state index contributed by atoms with van der Waals surface area (Å²) in [5.41, 5.74) is 1.26. The van der Waals surface area contributed by atoms with E-state index in [-0.39, 0.29) is 11.5 Å². The zero-order valence-corrected chi connectivity index (χ0v) is 10.3. The number of carboxylic acids is 1. The van der Waals surface area contributed by atoms with Crippen molar-refractivity contribution in [1.82, 2.24) is 5.32 Å². The standard InChI is InChI=1S/C14H17NO3/c1-9-8-12(9)15-13(16)7-4-10-2-5-11(6-3-10)14(17)18/h2-3,5-6,9,12H,4,7-8H2,1H3,(H,15,16)(H,17,18)/t9-,12-/m0/s1. The van der Waals surface area contributed by atoms with E-state index in [0.717, 1.165) is 12.0 Å². The molecule has 0 aromatic heterocycles. The molecular weight excluding hydrogens is 230 g/mol. The van der Waals surface area contributed by atoms with Gasteiger partial charge in [-0.3, -0.25) is 4.79 Å². The molecule has 2 rings (SSSR count). The highest BCUT2D eigenvalue weighted by atomic mass is 16.4. The zero-order chi connectivity index (χ0) is 13.1. The molecule has 0 saturated heterocycles. The lowest BCUT2D eigenvalue weighted by Gasteiger charge is -2.04. The maximum atomic E-state index is 11.6. The second kappa shape index (κ2) is 5.21. The summed E-state index contributed by atoms with van der Waals surface area (Å²) in [6.07, 6.45) is 2.18. The van der Waals surface area contributed by atoms with Crippen molar-refractivity contribution in [2.45, 2.75) is 32.2 Å². The molecule has 0 heterocycles. The van der Waals surface area contributed by atoms with Crippen LogP contribution in [0.15, 0.2) is 24.3 Å². The Bertz CT molecular complexity index is 453. The van der Waals surface area contributed by atoms with Gasteiger partial charge in [0.25, 0.3) is 0 Å². The van der Waals surface area contributed by atoms with Crippen molar-refractivity contribution in [1.29, 1.82) is 0 Å². The normalized spacial score (nSPS) is 21.4. The molecule has 1 fully saturated rings. The molecule has 0 unspecified atom stereocenters. The Labute approximate surface area is 106 Å². The monoisotopic (exact) mass is 247 g/mol. The van der Waals surface area contributed by atoms with Crippen LogP contribution in [0.2, 0.25) is 0 Å². The van der Waals surface area contributed by atoms with Gasteiger partial charge in [0.15, 0.2) is 0 Å². The summed E-state index contributed by atoms with van der Waals surface area (Å²) in [6, 6.07) is 7.02. The Kier molecular flexibility index (Phi) is 3.65.